The van der Waals surface area contributed by atoms with Gasteiger partial charge < -0.3 is 24.4 Å². The standard InChI is InChI=1S/C27H42N4O5/c1-34-23-9-8-22(20-24(23)35-2)27(33)31-14-12-30(13-15-31)25(21-6-3-4-7-21)26(32)28-10-5-11-29-16-18-36-19-17-29/h8-9,20-21,25H,3-7,10-19H2,1-2H3,(H,28,32)/t25-/m0/s1. The number of benzene rings is 1. The summed E-state index contributed by atoms with van der Waals surface area (Å²) in [4.78, 5) is 33.1. The van der Waals surface area contributed by atoms with E-state index in [1.54, 1.807) is 32.4 Å². The van der Waals surface area contributed by atoms with Crippen LogP contribution in [0.3, 0.4) is 0 Å². The van der Waals surface area contributed by atoms with E-state index in [4.69, 9.17) is 14.2 Å². The molecule has 9 nitrogen and oxygen atoms in total. The molecule has 2 heterocycles. The smallest absolute Gasteiger partial charge is 0.254 e. The number of nitrogens with zero attached hydrogens (tertiary/aromatic N) is 3. The summed E-state index contributed by atoms with van der Waals surface area (Å²) in [7, 11) is 3.15. The van der Waals surface area contributed by atoms with Crippen molar-refractivity contribution in [3.05, 3.63) is 23.8 Å². The Morgan fingerprint density at radius 1 is 1.00 bits per heavy atom. The van der Waals surface area contributed by atoms with Crippen LogP contribution in [0.15, 0.2) is 18.2 Å². The highest BCUT2D eigenvalue weighted by Gasteiger charge is 2.37. The second-order valence-corrected chi connectivity index (χ2v) is 9.99. The molecule has 3 aliphatic rings. The minimum Gasteiger partial charge on any atom is -0.493 e. The third-order valence-electron chi connectivity index (χ3n) is 7.79. The Hall–Kier alpha value is -2.36. The first-order valence-corrected chi connectivity index (χ1v) is 13.4. The fourth-order valence-corrected chi connectivity index (χ4v) is 5.75. The monoisotopic (exact) mass is 502 g/mol. The first kappa shape index (κ1) is 26.7. The largest absolute Gasteiger partial charge is 0.493 e. The number of piperazine rings is 1. The molecule has 0 unspecified atom stereocenters. The lowest BCUT2D eigenvalue weighted by atomic mass is 9.95. The molecule has 1 N–H and O–H groups in total. The number of hydrogen-bond donors (Lipinski definition) is 1. The maximum atomic E-state index is 13.4. The molecule has 0 spiro atoms. The van der Waals surface area contributed by atoms with E-state index in [0.717, 1.165) is 52.1 Å². The van der Waals surface area contributed by atoms with Gasteiger partial charge in [-0.25, -0.2) is 0 Å². The van der Waals surface area contributed by atoms with Crippen LogP contribution in [-0.2, 0) is 9.53 Å². The van der Waals surface area contributed by atoms with Gasteiger partial charge in [-0.1, -0.05) is 12.8 Å². The second kappa shape index (κ2) is 13.3. The number of rotatable bonds is 10. The third kappa shape index (κ3) is 6.69. The minimum absolute atomic E-state index is 0.0133. The normalized spacial score (nSPS) is 20.8. The fourth-order valence-electron chi connectivity index (χ4n) is 5.75. The molecule has 1 aliphatic carbocycles. The summed E-state index contributed by atoms with van der Waals surface area (Å²) in [5, 5.41) is 3.24. The summed E-state index contributed by atoms with van der Waals surface area (Å²) in [5.41, 5.74) is 0.589. The van der Waals surface area contributed by atoms with Gasteiger partial charge in [0, 0.05) is 51.4 Å². The Balaban J connectivity index is 1.30. The predicted octanol–water partition coefficient (Wildman–Crippen LogP) is 1.86. The topological polar surface area (TPSA) is 83.6 Å². The SMILES string of the molecule is COc1ccc(C(=O)N2CCN([C@H](C(=O)NCCCN3CCOCC3)C3CCCC3)CC2)cc1OC. The predicted molar refractivity (Wildman–Crippen MR) is 138 cm³/mol. The van der Waals surface area contributed by atoms with Gasteiger partial charge in [-0.15, -0.1) is 0 Å². The van der Waals surface area contributed by atoms with Crippen molar-refractivity contribution in [1.29, 1.82) is 0 Å². The third-order valence-corrected chi connectivity index (χ3v) is 7.79. The first-order chi connectivity index (χ1) is 17.6. The molecular formula is C27H42N4O5. The van der Waals surface area contributed by atoms with Crippen molar-refractivity contribution in [1.82, 2.24) is 20.0 Å². The van der Waals surface area contributed by atoms with E-state index in [-0.39, 0.29) is 17.9 Å². The fraction of sp³-hybridized carbons (Fsp3) is 0.704. The Labute approximate surface area is 215 Å². The molecule has 2 saturated heterocycles. The van der Waals surface area contributed by atoms with Crippen molar-refractivity contribution in [2.75, 3.05) is 79.8 Å². The summed E-state index contributed by atoms with van der Waals surface area (Å²) < 4.78 is 16.1. The molecule has 0 aromatic heterocycles. The van der Waals surface area contributed by atoms with Crippen LogP contribution < -0.4 is 14.8 Å². The number of ether oxygens (including phenoxy) is 3. The van der Waals surface area contributed by atoms with E-state index in [2.05, 4.69) is 15.1 Å². The summed E-state index contributed by atoms with van der Waals surface area (Å²) in [6.07, 6.45) is 5.57. The molecule has 200 valence electrons. The number of amides is 2. The molecule has 36 heavy (non-hydrogen) atoms. The number of carbonyl (C=O) groups is 2. The zero-order chi connectivity index (χ0) is 25.3. The van der Waals surface area contributed by atoms with E-state index < -0.39 is 0 Å². The number of methoxy groups -OCH3 is 2. The van der Waals surface area contributed by atoms with E-state index >= 15 is 0 Å². The maximum absolute atomic E-state index is 13.4. The highest BCUT2D eigenvalue weighted by Crippen LogP contribution is 2.32. The number of hydrogen-bond acceptors (Lipinski definition) is 7. The van der Waals surface area contributed by atoms with Crippen molar-refractivity contribution in [2.45, 2.75) is 38.1 Å². The molecule has 2 amide bonds. The molecule has 2 aliphatic heterocycles. The van der Waals surface area contributed by atoms with Gasteiger partial charge in [0.15, 0.2) is 11.5 Å². The van der Waals surface area contributed by atoms with Gasteiger partial charge in [0.2, 0.25) is 5.91 Å². The van der Waals surface area contributed by atoms with Gasteiger partial charge in [-0.2, -0.15) is 0 Å². The van der Waals surface area contributed by atoms with Crippen molar-refractivity contribution >= 4 is 11.8 Å². The Morgan fingerprint density at radius 3 is 2.36 bits per heavy atom. The summed E-state index contributed by atoms with van der Waals surface area (Å²) in [6.45, 7) is 7.90. The molecule has 1 saturated carbocycles. The minimum atomic E-state index is -0.103. The lowest BCUT2D eigenvalue weighted by Crippen LogP contribution is -2.58. The van der Waals surface area contributed by atoms with Gasteiger partial charge in [0.05, 0.1) is 33.5 Å². The van der Waals surface area contributed by atoms with Crippen LogP contribution >= 0.6 is 0 Å². The molecule has 1 atom stereocenters. The highest BCUT2D eigenvalue weighted by molar-refractivity contribution is 5.95. The van der Waals surface area contributed by atoms with E-state index in [9.17, 15) is 9.59 Å². The van der Waals surface area contributed by atoms with Crippen LogP contribution in [0.1, 0.15) is 42.5 Å². The van der Waals surface area contributed by atoms with Gasteiger partial charge >= 0.3 is 0 Å². The van der Waals surface area contributed by atoms with Crippen molar-refractivity contribution < 1.29 is 23.8 Å². The van der Waals surface area contributed by atoms with Crippen molar-refractivity contribution in [3.63, 3.8) is 0 Å². The maximum Gasteiger partial charge on any atom is 0.254 e. The first-order valence-electron chi connectivity index (χ1n) is 13.4. The molecule has 3 fully saturated rings. The zero-order valence-corrected chi connectivity index (χ0v) is 21.9. The molecule has 0 bridgehead atoms. The van der Waals surface area contributed by atoms with Crippen LogP contribution in [-0.4, -0.2) is 112 Å². The Kier molecular flexibility index (Phi) is 9.83. The average molecular weight is 503 g/mol. The number of morpholine rings is 1. The molecule has 1 aromatic rings. The van der Waals surface area contributed by atoms with Crippen LogP contribution in [0.2, 0.25) is 0 Å². The lowest BCUT2D eigenvalue weighted by molar-refractivity contribution is -0.129. The Bertz CT molecular complexity index is 862. The Morgan fingerprint density at radius 2 is 1.69 bits per heavy atom. The quantitative estimate of drug-likeness (QED) is 0.489. The van der Waals surface area contributed by atoms with Gasteiger partial charge in [0.1, 0.15) is 0 Å². The highest BCUT2D eigenvalue weighted by atomic mass is 16.5. The summed E-state index contributed by atoms with van der Waals surface area (Å²) in [6, 6.07) is 5.18. The molecule has 0 radical (unpaired) electrons. The van der Waals surface area contributed by atoms with Crippen LogP contribution in [0.5, 0.6) is 11.5 Å². The lowest BCUT2D eigenvalue weighted by Gasteiger charge is -2.40. The average Bonchev–Trinajstić information content (AvgIpc) is 3.46. The van der Waals surface area contributed by atoms with Crippen molar-refractivity contribution in [3.8, 4) is 11.5 Å². The summed E-state index contributed by atoms with van der Waals surface area (Å²) in [5.74, 6) is 1.70. The van der Waals surface area contributed by atoms with Crippen LogP contribution in [0, 0.1) is 5.92 Å². The van der Waals surface area contributed by atoms with E-state index in [0.29, 0.717) is 55.7 Å². The van der Waals surface area contributed by atoms with E-state index in [1.165, 1.54) is 12.8 Å². The van der Waals surface area contributed by atoms with Crippen LogP contribution in [0.4, 0.5) is 0 Å². The molecule has 9 heteroatoms. The van der Waals surface area contributed by atoms with Crippen molar-refractivity contribution in [2.24, 2.45) is 5.92 Å². The molecule has 1 aromatic carbocycles. The molecule has 4 rings (SSSR count). The van der Waals surface area contributed by atoms with Crippen LogP contribution in [0.25, 0.3) is 0 Å². The van der Waals surface area contributed by atoms with E-state index in [1.807, 2.05) is 4.90 Å². The molecular weight excluding hydrogens is 460 g/mol. The van der Waals surface area contributed by atoms with Gasteiger partial charge in [-0.3, -0.25) is 19.4 Å². The second-order valence-electron chi connectivity index (χ2n) is 9.99. The summed E-state index contributed by atoms with van der Waals surface area (Å²) >= 11 is 0. The number of carbonyl (C=O) groups excluding carboxylic acids is 2. The van der Waals surface area contributed by atoms with Gasteiger partial charge in [0.25, 0.3) is 5.91 Å². The zero-order valence-electron chi connectivity index (χ0n) is 21.9. The number of nitrogens with one attached hydrogen (secondary N) is 1. The van der Waals surface area contributed by atoms with Gasteiger partial charge in [-0.05, 0) is 49.9 Å².